The molecular formula is C48H79N17O11. The van der Waals surface area contributed by atoms with Gasteiger partial charge in [0.1, 0.15) is 41.9 Å². The summed E-state index contributed by atoms with van der Waals surface area (Å²) in [5, 5.41) is 38.6. The third-order valence-corrected chi connectivity index (χ3v) is 12.4. The Balaban J connectivity index is 1.78. The normalized spacial score (nSPS) is 16.2. The number of carboxylic acid groups (broad SMARTS) is 1. The number of hydrogen-bond acceptors (Lipinski definition) is 16. The van der Waals surface area contributed by atoms with Gasteiger partial charge < -0.3 is 97.5 Å². The molecule has 422 valence electrons. The van der Waals surface area contributed by atoms with Gasteiger partial charge in [-0.3, -0.25) is 43.3 Å². The number of carbonyl (C=O) groups is 9. The Hall–Kier alpha value is -7.24. The van der Waals surface area contributed by atoms with Gasteiger partial charge >= 0.3 is 5.97 Å². The summed E-state index contributed by atoms with van der Waals surface area (Å²) in [6.07, 6.45) is 4.57. The molecule has 1 aliphatic heterocycles. The van der Waals surface area contributed by atoms with Gasteiger partial charge in [-0.1, -0.05) is 30.7 Å². The van der Waals surface area contributed by atoms with E-state index >= 15 is 0 Å². The number of hydrogen-bond donors (Lipinski definition) is 17. The number of fused-ring (bicyclic) bond motifs is 1. The van der Waals surface area contributed by atoms with Crippen molar-refractivity contribution >= 4 is 70.1 Å². The number of carbonyl (C=O) groups excluding carboxylic acids is 8. The molecule has 1 saturated heterocycles. The molecule has 1 aromatic heterocycles. The number of nitrogens with zero attached hydrogens (tertiary/aromatic N) is 2. The summed E-state index contributed by atoms with van der Waals surface area (Å²) < 4.78 is 0. The first-order valence-corrected chi connectivity index (χ1v) is 25.4. The Morgan fingerprint density at radius 3 is 2.12 bits per heavy atom. The van der Waals surface area contributed by atoms with Gasteiger partial charge in [-0.25, -0.2) is 4.79 Å². The van der Waals surface area contributed by atoms with E-state index in [4.69, 9.17) is 40.1 Å². The number of nitrogens with one attached hydrogen (secondary N) is 8. The lowest BCUT2D eigenvalue weighted by atomic mass is 10.0. The summed E-state index contributed by atoms with van der Waals surface area (Å²) in [6, 6.07) is -1.54. The minimum absolute atomic E-state index is 0.0427. The van der Waals surface area contributed by atoms with E-state index in [1.54, 1.807) is 12.3 Å². The highest BCUT2D eigenvalue weighted by Gasteiger charge is 2.40. The average molecular weight is 1070 g/mol. The van der Waals surface area contributed by atoms with E-state index < -0.39 is 120 Å². The number of para-hydroxylation sites is 1. The third kappa shape index (κ3) is 20.5. The molecule has 3 rings (SSSR count). The van der Waals surface area contributed by atoms with Crippen molar-refractivity contribution in [2.24, 2.45) is 45.1 Å². The van der Waals surface area contributed by atoms with Gasteiger partial charge in [0.15, 0.2) is 5.96 Å². The second-order valence-electron chi connectivity index (χ2n) is 18.3. The van der Waals surface area contributed by atoms with E-state index in [2.05, 4.69) is 47.2 Å². The molecule has 0 aliphatic carbocycles. The minimum Gasteiger partial charge on any atom is -0.477 e. The van der Waals surface area contributed by atoms with Gasteiger partial charge in [-0.05, 0) is 102 Å². The SMILES string of the molecule is C[C@H](NC(=O)[C@@H](NC(=O)C(N)CCCCN)[C@@H](O)CN)C(=O)NCC(=O)N[C@H](CCCN)C(=O)N1CCC[C@H]1C(=O)N[C@@H](Cc1c[nH]c2ccccc12)C(=O)N[C@@H](CCCCN)C(=O)N/C(=C\CCN=C(N)N)C(=O)O. The number of aromatic nitrogens is 1. The maximum Gasteiger partial charge on any atom is 0.352 e. The Kier molecular flexibility index (Phi) is 27.3. The lowest BCUT2D eigenvalue weighted by Crippen LogP contribution is -2.60. The lowest BCUT2D eigenvalue weighted by Gasteiger charge is -2.30. The molecule has 1 fully saturated rings. The Bertz CT molecular complexity index is 2340. The molecule has 1 aliphatic rings. The number of nitrogens with two attached hydrogens (primary N) is 7. The summed E-state index contributed by atoms with van der Waals surface area (Å²) in [7, 11) is 0. The Morgan fingerprint density at radius 1 is 0.789 bits per heavy atom. The predicted molar refractivity (Wildman–Crippen MR) is 281 cm³/mol. The van der Waals surface area contributed by atoms with Crippen LogP contribution in [0, 0.1) is 0 Å². The Morgan fingerprint density at radius 2 is 1.46 bits per heavy atom. The molecule has 2 aromatic rings. The van der Waals surface area contributed by atoms with Crippen molar-refractivity contribution in [3.05, 3.63) is 47.8 Å². The third-order valence-electron chi connectivity index (χ3n) is 12.4. The van der Waals surface area contributed by atoms with Gasteiger partial charge in [0.2, 0.25) is 47.3 Å². The van der Waals surface area contributed by atoms with Crippen LogP contribution < -0.4 is 77.4 Å². The second kappa shape index (κ2) is 32.9. The number of unbranched alkanes of at least 4 members (excludes halogenated alkanes) is 2. The van der Waals surface area contributed by atoms with Crippen molar-refractivity contribution in [1.82, 2.24) is 47.1 Å². The topological polar surface area (TPSA) is 492 Å². The van der Waals surface area contributed by atoms with Crippen molar-refractivity contribution in [2.75, 3.05) is 45.8 Å². The Labute approximate surface area is 440 Å². The number of amides is 8. The van der Waals surface area contributed by atoms with E-state index in [0.717, 1.165) is 10.9 Å². The average Bonchev–Trinajstić information content (AvgIpc) is 4.06. The van der Waals surface area contributed by atoms with Crippen LogP contribution in [0.4, 0.5) is 0 Å². The highest BCUT2D eigenvalue weighted by atomic mass is 16.4. The second-order valence-corrected chi connectivity index (χ2v) is 18.3. The molecule has 0 radical (unpaired) electrons. The van der Waals surface area contributed by atoms with Crippen LogP contribution in [0.15, 0.2) is 47.2 Å². The van der Waals surface area contributed by atoms with Crippen LogP contribution in [-0.4, -0.2) is 173 Å². The number of aliphatic hydroxyl groups is 1. The maximum atomic E-state index is 14.4. The molecule has 0 saturated carbocycles. The van der Waals surface area contributed by atoms with Crippen molar-refractivity contribution in [3.8, 4) is 0 Å². The molecule has 1 aromatic carbocycles. The number of aliphatic hydroxyl groups excluding tert-OH is 1. The highest BCUT2D eigenvalue weighted by molar-refractivity contribution is 5.99. The van der Waals surface area contributed by atoms with Crippen molar-refractivity contribution in [2.45, 2.75) is 132 Å². The zero-order valence-electron chi connectivity index (χ0n) is 43.0. The van der Waals surface area contributed by atoms with E-state index in [1.807, 2.05) is 18.2 Å². The molecule has 28 nitrogen and oxygen atoms in total. The van der Waals surface area contributed by atoms with E-state index in [0.29, 0.717) is 44.2 Å². The summed E-state index contributed by atoms with van der Waals surface area (Å²) in [5.41, 5.74) is 40.2. The minimum atomic E-state index is -1.56. The zero-order valence-corrected chi connectivity index (χ0v) is 43.0. The molecule has 8 amide bonds. The van der Waals surface area contributed by atoms with Crippen LogP contribution >= 0.6 is 0 Å². The summed E-state index contributed by atoms with van der Waals surface area (Å²) in [5.74, 6) is -7.92. The molecular weight excluding hydrogens is 991 g/mol. The summed E-state index contributed by atoms with van der Waals surface area (Å²) in [6.45, 7) is 1.20. The predicted octanol–water partition coefficient (Wildman–Crippen LogP) is -5.35. The number of guanidine groups is 1. The van der Waals surface area contributed by atoms with E-state index in [9.17, 15) is 53.4 Å². The van der Waals surface area contributed by atoms with Gasteiger partial charge in [0.05, 0.1) is 18.7 Å². The molecule has 76 heavy (non-hydrogen) atoms. The number of aliphatic carboxylic acids is 1. The quantitative estimate of drug-likeness (QED) is 0.0135. The summed E-state index contributed by atoms with van der Waals surface area (Å²) >= 11 is 0. The molecule has 2 heterocycles. The van der Waals surface area contributed by atoms with E-state index in [-0.39, 0.29) is 77.1 Å². The van der Waals surface area contributed by atoms with Crippen molar-refractivity contribution in [1.29, 1.82) is 0 Å². The fourth-order valence-corrected chi connectivity index (χ4v) is 8.24. The van der Waals surface area contributed by atoms with Crippen molar-refractivity contribution < 1.29 is 53.4 Å². The standard InChI is InChI=1S/C48H79N17O11/c1-27(59-45(73)39(37(66)24-52)64-41(69)30(53)12-4-6-18-49)40(68)58-26-38(67)60-33(15-8-20-51)46(74)65-22-10-17-36(65)44(72)63-35(23-28-25-57-31-13-3-2-11-29(28)31)43(71)61-32(14-5-7-19-50)42(70)62-34(47(75)76)16-9-21-56-48(54)55/h2-3,11,13,16,25,27,30,32-33,35-37,39,57,66H,4-10,12,14-15,17-24,26,49-53H2,1H3,(H,58,68)(H,59,73)(H,60,67)(H,61,71)(H,62,70)(H,63,72)(H,64,69)(H,75,76)(H4,54,55,56)/b34-16-/t27-,30?,32-,33+,35-,36-,37-,39-/m0/s1. The maximum absolute atomic E-state index is 14.4. The number of aromatic amines is 1. The van der Waals surface area contributed by atoms with Crippen LogP contribution in [0.3, 0.4) is 0 Å². The first kappa shape index (κ1) is 63.1. The highest BCUT2D eigenvalue weighted by Crippen LogP contribution is 2.22. The number of benzene rings is 1. The van der Waals surface area contributed by atoms with E-state index in [1.165, 1.54) is 17.9 Å². The number of carboxylic acids is 1. The summed E-state index contributed by atoms with van der Waals surface area (Å²) in [4.78, 5) is 129. The lowest BCUT2D eigenvalue weighted by molar-refractivity contribution is -0.142. The monoisotopic (exact) mass is 1070 g/mol. The number of likely N-dealkylation sites (tertiary alicyclic amines) is 1. The molecule has 1 unspecified atom stereocenters. The molecule has 8 atom stereocenters. The first-order valence-electron chi connectivity index (χ1n) is 25.4. The first-order chi connectivity index (χ1) is 36.3. The van der Waals surface area contributed by atoms with Crippen LogP contribution in [0.1, 0.15) is 83.1 Å². The van der Waals surface area contributed by atoms with Crippen LogP contribution in [0.2, 0.25) is 0 Å². The van der Waals surface area contributed by atoms with Crippen LogP contribution in [0.25, 0.3) is 10.9 Å². The van der Waals surface area contributed by atoms with Gasteiger partial charge in [-0.15, -0.1) is 0 Å². The zero-order chi connectivity index (χ0) is 56.3. The smallest absolute Gasteiger partial charge is 0.352 e. The fraction of sp³-hybridized carbons (Fsp3) is 0.583. The largest absolute Gasteiger partial charge is 0.477 e. The van der Waals surface area contributed by atoms with Gasteiger partial charge in [0, 0.05) is 43.2 Å². The number of H-pyrrole nitrogens is 1. The molecule has 28 heteroatoms. The molecule has 24 N–H and O–H groups in total. The van der Waals surface area contributed by atoms with Gasteiger partial charge in [-0.2, -0.15) is 0 Å². The fourth-order valence-electron chi connectivity index (χ4n) is 8.24. The van der Waals surface area contributed by atoms with Crippen LogP contribution in [0.5, 0.6) is 0 Å². The van der Waals surface area contributed by atoms with Crippen molar-refractivity contribution in [3.63, 3.8) is 0 Å². The van der Waals surface area contributed by atoms with Gasteiger partial charge in [0.25, 0.3) is 0 Å². The number of rotatable bonds is 34. The molecule has 0 bridgehead atoms. The van der Waals surface area contributed by atoms with Crippen LogP contribution in [-0.2, 0) is 49.6 Å². The molecule has 0 spiro atoms. The number of aliphatic imine (C=N–C) groups is 1.